The Bertz CT molecular complexity index is 788. The summed E-state index contributed by atoms with van der Waals surface area (Å²) < 4.78 is 27.2. The molecule has 1 unspecified atom stereocenters. The molecule has 3 rings (SSSR count). The standard InChI is InChI=1S/C17H22N4O2S/c1-13-5-7-15(8-6-13)24(22,23)20-16-9-10-17(19-18-16)21-11-3-4-14(2)12-21/h5-10,14H,3-4,11-12H2,1-2H3,(H,18,20). The average Bonchev–Trinajstić information content (AvgIpc) is 2.55. The maximum absolute atomic E-state index is 12.4. The van der Waals surface area contributed by atoms with Crippen LogP contribution in [0.4, 0.5) is 11.6 Å². The minimum atomic E-state index is -3.64. The van der Waals surface area contributed by atoms with Gasteiger partial charge in [0.25, 0.3) is 10.0 Å². The van der Waals surface area contributed by atoms with Gasteiger partial charge in [-0.2, -0.15) is 0 Å². The van der Waals surface area contributed by atoms with Crippen molar-refractivity contribution in [3.8, 4) is 0 Å². The van der Waals surface area contributed by atoms with E-state index in [1.807, 2.05) is 13.0 Å². The van der Waals surface area contributed by atoms with Gasteiger partial charge in [0.15, 0.2) is 11.6 Å². The predicted molar refractivity (Wildman–Crippen MR) is 94.6 cm³/mol. The smallest absolute Gasteiger partial charge is 0.263 e. The van der Waals surface area contributed by atoms with Crippen LogP contribution in [-0.2, 0) is 10.0 Å². The molecule has 1 aromatic heterocycles. The molecule has 0 aliphatic carbocycles. The largest absolute Gasteiger partial charge is 0.355 e. The Morgan fingerprint density at radius 2 is 1.88 bits per heavy atom. The van der Waals surface area contributed by atoms with Crippen LogP contribution in [0.3, 0.4) is 0 Å². The number of nitrogens with zero attached hydrogens (tertiary/aromatic N) is 3. The number of rotatable bonds is 4. The van der Waals surface area contributed by atoms with Gasteiger partial charge >= 0.3 is 0 Å². The SMILES string of the molecule is Cc1ccc(S(=O)(=O)Nc2ccc(N3CCCC(C)C3)nn2)cc1. The Morgan fingerprint density at radius 3 is 2.50 bits per heavy atom. The highest BCUT2D eigenvalue weighted by atomic mass is 32.2. The number of nitrogens with one attached hydrogen (secondary N) is 1. The monoisotopic (exact) mass is 346 g/mol. The van der Waals surface area contributed by atoms with Gasteiger partial charge in [-0.1, -0.05) is 24.6 Å². The van der Waals surface area contributed by atoms with Gasteiger partial charge in [-0.15, -0.1) is 10.2 Å². The maximum Gasteiger partial charge on any atom is 0.263 e. The molecule has 0 saturated carbocycles. The number of aromatic nitrogens is 2. The van der Waals surface area contributed by atoms with E-state index in [1.54, 1.807) is 30.3 Å². The van der Waals surface area contributed by atoms with E-state index < -0.39 is 10.0 Å². The summed E-state index contributed by atoms with van der Waals surface area (Å²) in [6, 6.07) is 10.2. The molecule has 0 amide bonds. The van der Waals surface area contributed by atoms with Crippen LogP contribution in [0.5, 0.6) is 0 Å². The van der Waals surface area contributed by atoms with Crippen molar-refractivity contribution in [2.75, 3.05) is 22.7 Å². The summed E-state index contributed by atoms with van der Waals surface area (Å²) in [6.45, 7) is 6.07. The van der Waals surface area contributed by atoms with Crippen molar-refractivity contribution in [1.29, 1.82) is 0 Å². The highest BCUT2D eigenvalue weighted by molar-refractivity contribution is 7.92. The summed E-state index contributed by atoms with van der Waals surface area (Å²) in [4.78, 5) is 2.41. The lowest BCUT2D eigenvalue weighted by Crippen LogP contribution is -2.34. The molecule has 24 heavy (non-hydrogen) atoms. The van der Waals surface area contributed by atoms with Gasteiger partial charge < -0.3 is 4.90 Å². The second-order valence-corrected chi connectivity index (χ2v) is 8.07. The molecule has 2 aromatic rings. The normalized spacial score (nSPS) is 18.4. The summed E-state index contributed by atoms with van der Waals surface area (Å²) >= 11 is 0. The zero-order chi connectivity index (χ0) is 17.2. The molecule has 1 fully saturated rings. The number of piperidine rings is 1. The molecule has 7 heteroatoms. The Kier molecular flexibility index (Phi) is 4.71. The zero-order valence-electron chi connectivity index (χ0n) is 13.9. The van der Waals surface area contributed by atoms with Crippen molar-refractivity contribution in [1.82, 2.24) is 10.2 Å². The quantitative estimate of drug-likeness (QED) is 0.921. The Hall–Kier alpha value is -2.15. The molecule has 1 aliphatic heterocycles. The molecule has 1 aliphatic rings. The Balaban J connectivity index is 1.72. The molecule has 128 valence electrons. The van der Waals surface area contributed by atoms with Crippen molar-refractivity contribution in [3.05, 3.63) is 42.0 Å². The highest BCUT2D eigenvalue weighted by Gasteiger charge is 2.19. The first-order valence-corrected chi connectivity index (χ1v) is 9.60. The molecule has 2 heterocycles. The lowest BCUT2D eigenvalue weighted by Gasteiger charge is -2.31. The van der Waals surface area contributed by atoms with Crippen LogP contribution in [0.15, 0.2) is 41.3 Å². The average molecular weight is 346 g/mol. The van der Waals surface area contributed by atoms with Gasteiger partial charge in [-0.3, -0.25) is 4.72 Å². The summed E-state index contributed by atoms with van der Waals surface area (Å²) in [6.07, 6.45) is 2.38. The van der Waals surface area contributed by atoms with Crippen molar-refractivity contribution in [3.63, 3.8) is 0 Å². The molecule has 1 atom stereocenters. The van der Waals surface area contributed by atoms with Crippen LogP contribution in [0.25, 0.3) is 0 Å². The third-order valence-electron chi connectivity index (χ3n) is 4.20. The van der Waals surface area contributed by atoms with Gasteiger partial charge in [0.2, 0.25) is 0 Å². The maximum atomic E-state index is 12.4. The van der Waals surface area contributed by atoms with Gasteiger partial charge in [0.1, 0.15) is 0 Å². The molecular weight excluding hydrogens is 324 g/mol. The topological polar surface area (TPSA) is 75.2 Å². The van der Waals surface area contributed by atoms with Crippen molar-refractivity contribution in [2.24, 2.45) is 5.92 Å². The molecule has 0 spiro atoms. The second-order valence-electron chi connectivity index (χ2n) is 6.39. The van der Waals surface area contributed by atoms with E-state index in [9.17, 15) is 8.42 Å². The lowest BCUT2D eigenvalue weighted by atomic mass is 10.0. The fourth-order valence-corrected chi connectivity index (χ4v) is 3.86. The molecule has 1 N–H and O–H groups in total. The number of benzene rings is 1. The first-order chi connectivity index (χ1) is 11.4. The fraction of sp³-hybridized carbons (Fsp3) is 0.412. The summed E-state index contributed by atoms with van der Waals surface area (Å²) in [5.41, 5.74) is 1.01. The zero-order valence-corrected chi connectivity index (χ0v) is 14.8. The Labute approximate surface area is 143 Å². The molecule has 0 bridgehead atoms. The van der Waals surface area contributed by atoms with Crippen molar-refractivity contribution < 1.29 is 8.42 Å². The van der Waals surface area contributed by atoms with Gasteiger partial charge in [-0.05, 0) is 49.9 Å². The van der Waals surface area contributed by atoms with Crippen molar-refractivity contribution in [2.45, 2.75) is 31.6 Å². The number of anilines is 2. The van der Waals surface area contributed by atoms with E-state index in [0.717, 1.165) is 30.9 Å². The predicted octanol–water partition coefficient (Wildman–Crippen LogP) is 2.82. The first kappa shape index (κ1) is 16.7. The van der Waals surface area contributed by atoms with Gasteiger partial charge in [0.05, 0.1) is 4.90 Å². The minimum absolute atomic E-state index is 0.212. The summed E-state index contributed by atoms with van der Waals surface area (Å²) in [7, 11) is -3.64. The van der Waals surface area contributed by atoms with Crippen LogP contribution in [-0.4, -0.2) is 31.7 Å². The van der Waals surface area contributed by atoms with E-state index in [0.29, 0.717) is 5.92 Å². The van der Waals surface area contributed by atoms with Gasteiger partial charge in [-0.25, -0.2) is 8.42 Å². The van der Waals surface area contributed by atoms with Crippen LogP contribution in [0, 0.1) is 12.8 Å². The van der Waals surface area contributed by atoms with E-state index in [4.69, 9.17) is 0 Å². The number of sulfonamides is 1. The second kappa shape index (κ2) is 6.76. The first-order valence-electron chi connectivity index (χ1n) is 8.12. The van der Waals surface area contributed by atoms with E-state index in [1.165, 1.54) is 6.42 Å². The number of hydrogen-bond acceptors (Lipinski definition) is 5. The van der Waals surface area contributed by atoms with Crippen LogP contribution in [0.2, 0.25) is 0 Å². The molecule has 1 saturated heterocycles. The molecular formula is C17H22N4O2S. The molecule has 0 radical (unpaired) electrons. The summed E-state index contributed by atoms with van der Waals surface area (Å²) in [5, 5.41) is 8.20. The number of aryl methyl sites for hydroxylation is 1. The van der Waals surface area contributed by atoms with Gasteiger partial charge in [0, 0.05) is 13.1 Å². The molecule has 6 nitrogen and oxygen atoms in total. The minimum Gasteiger partial charge on any atom is -0.355 e. The Morgan fingerprint density at radius 1 is 1.12 bits per heavy atom. The van der Waals surface area contributed by atoms with Crippen LogP contribution in [0.1, 0.15) is 25.3 Å². The van der Waals surface area contributed by atoms with E-state index >= 15 is 0 Å². The number of hydrogen-bond donors (Lipinski definition) is 1. The van der Waals surface area contributed by atoms with E-state index in [2.05, 4.69) is 26.7 Å². The third-order valence-corrected chi connectivity index (χ3v) is 5.57. The third kappa shape index (κ3) is 3.84. The van der Waals surface area contributed by atoms with Crippen LogP contribution < -0.4 is 9.62 Å². The summed E-state index contributed by atoms with van der Waals surface area (Å²) in [5.74, 6) is 1.66. The molecule has 1 aromatic carbocycles. The fourth-order valence-electron chi connectivity index (χ4n) is 2.86. The lowest BCUT2D eigenvalue weighted by molar-refractivity contribution is 0.444. The highest BCUT2D eigenvalue weighted by Crippen LogP contribution is 2.22. The van der Waals surface area contributed by atoms with Crippen LogP contribution >= 0.6 is 0 Å². The van der Waals surface area contributed by atoms with E-state index in [-0.39, 0.29) is 10.7 Å². The van der Waals surface area contributed by atoms with Crippen molar-refractivity contribution >= 4 is 21.7 Å².